The van der Waals surface area contributed by atoms with Crippen molar-refractivity contribution in [3.05, 3.63) is 64.0 Å². The molecule has 1 aliphatic rings. The smallest absolute Gasteiger partial charge is 0.263 e. The van der Waals surface area contributed by atoms with Gasteiger partial charge in [-0.3, -0.25) is 4.79 Å². The number of methoxy groups -OCH3 is 2. The van der Waals surface area contributed by atoms with Crippen LogP contribution in [0.5, 0.6) is 23.0 Å². The Morgan fingerprint density at radius 2 is 1.84 bits per heavy atom. The number of nitrogens with one attached hydrogen (secondary N) is 1. The van der Waals surface area contributed by atoms with Gasteiger partial charge >= 0.3 is 0 Å². The lowest BCUT2D eigenvalue weighted by molar-refractivity contribution is -0.115. The molecule has 0 spiro atoms. The number of carbonyl (C=O) groups is 1. The van der Waals surface area contributed by atoms with Crippen LogP contribution in [0, 0.1) is 0 Å². The first-order valence-electron chi connectivity index (χ1n) is 9.61. The molecule has 0 saturated carbocycles. The number of amides is 1. The van der Waals surface area contributed by atoms with Crippen molar-refractivity contribution in [2.75, 3.05) is 27.4 Å². The van der Waals surface area contributed by atoms with Crippen molar-refractivity contribution in [2.24, 2.45) is 0 Å². The molecule has 1 saturated heterocycles. The van der Waals surface area contributed by atoms with E-state index in [1.807, 2.05) is 24.3 Å². The first kappa shape index (κ1) is 24.0. The second-order valence-electron chi connectivity index (χ2n) is 6.56. The molecule has 0 unspecified atom stereocenters. The number of rotatable bonds is 10. The molecule has 0 aromatic heterocycles. The Balaban J connectivity index is 1.65. The highest BCUT2D eigenvalue weighted by atomic mass is 35.5. The molecule has 3 rings (SSSR count). The van der Waals surface area contributed by atoms with E-state index in [1.165, 1.54) is 18.9 Å². The SMILES string of the molecule is C=CCc1ccc(OCCOc2c(Cl)cc(/C=C3\SC(=S)NC3=O)cc2OC)c(OC)c1. The maximum absolute atomic E-state index is 11.9. The number of thiocarbonyl (C=S) groups is 1. The summed E-state index contributed by atoms with van der Waals surface area (Å²) in [5, 5.41) is 2.93. The Kier molecular flexibility index (Phi) is 8.44. The van der Waals surface area contributed by atoms with Gasteiger partial charge in [-0.15, -0.1) is 6.58 Å². The van der Waals surface area contributed by atoms with E-state index in [9.17, 15) is 4.79 Å². The van der Waals surface area contributed by atoms with E-state index in [4.69, 9.17) is 42.8 Å². The number of hydrogen-bond donors (Lipinski definition) is 1. The maximum atomic E-state index is 11.9. The van der Waals surface area contributed by atoms with E-state index >= 15 is 0 Å². The van der Waals surface area contributed by atoms with Crippen LogP contribution < -0.4 is 24.3 Å². The quantitative estimate of drug-likeness (QED) is 0.216. The Hall–Kier alpha value is -2.68. The summed E-state index contributed by atoms with van der Waals surface area (Å²) in [6, 6.07) is 9.18. The summed E-state index contributed by atoms with van der Waals surface area (Å²) in [5.41, 5.74) is 1.78. The highest BCUT2D eigenvalue weighted by molar-refractivity contribution is 8.26. The molecule has 0 aliphatic carbocycles. The average molecular weight is 492 g/mol. The normalized spacial score (nSPS) is 14.3. The lowest BCUT2D eigenvalue weighted by Crippen LogP contribution is -2.17. The lowest BCUT2D eigenvalue weighted by atomic mass is 10.1. The minimum Gasteiger partial charge on any atom is -0.493 e. The number of carbonyl (C=O) groups excluding carboxylic acids is 1. The predicted molar refractivity (Wildman–Crippen MR) is 132 cm³/mol. The summed E-state index contributed by atoms with van der Waals surface area (Å²) < 4.78 is 22.9. The van der Waals surface area contributed by atoms with Crippen LogP contribution in [0.25, 0.3) is 6.08 Å². The van der Waals surface area contributed by atoms with Gasteiger partial charge in [0.15, 0.2) is 23.0 Å². The molecular weight excluding hydrogens is 470 g/mol. The van der Waals surface area contributed by atoms with Crippen molar-refractivity contribution in [1.82, 2.24) is 5.32 Å². The van der Waals surface area contributed by atoms with Gasteiger partial charge in [-0.2, -0.15) is 0 Å². The molecular formula is C23H22ClNO5S2. The van der Waals surface area contributed by atoms with Crippen LogP contribution in [0.15, 0.2) is 47.9 Å². The maximum Gasteiger partial charge on any atom is 0.263 e. The van der Waals surface area contributed by atoms with E-state index in [2.05, 4.69) is 11.9 Å². The molecule has 1 N–H and O–H groups in total. The number of hydrogen-bond acceptors (Lipinski definition) is 7. The zero-order chi connectivity index (χ0) is 23.1. The van der Waals surface area contributed by atoms with Crippen molar-refractivity contribution < 1.29 is 23.7 Å². The summed E-state index contributed by atoms with van der Waals surface area (Å²) in [6.07, 6.45) is 4.28. The van der Waals surface area contributed by atoms with Crippen molar-refractivity contribution in [3.8, 4) is 23.0 Å². The van der Waals surface area contributed by atoms with Crippen molar-refractivity contribution >= 4 is 51.9 Å². The Morgan fingerprint density at radius 3 is 2.50 bits per heavy atom. The fourth-order valence-corrected chi connectivity index (χ4v) is 4.27. The van der Waals surface area contributed by atoms with Gasteiger partial charge in [-0.1, -0.05) is 47.7 Å². The molecule has 32 heavy (non-hydrogen) atoms. The van der Waals surface area contributed by atoms with E-state index in [0.717, 1.165) is 12.0 Å². The standard InChI is InChI=1S/C23H22ClNO5S2/c1-4-5-14-6-7-17(18(11-14)27-2)29-8-9-30-21-16(24)10-15(12-19(21)28-3)13-20-22(26)25-23(31)32-20/h4,6-7,10-13H,1,5,8-9H2,2-3H3,(H,25,26,31)/b20-13-. The average Bonchev–Trinajstić information content (AvgIpc) is 3.09. The third kappa shape index (κ3) is 5.97. The fraction of sp³-hybridized carbons (Fsp3) is 0.217. The Morgan fingerprint density at radius 1 is 1.09 bits per heavy atom. The molecule has 1 fully saturated rings. The van der Waals surface area contributed by atoms with E-state index in [-0.39, 0.29) is 19.1 Å². The van der Waals surface area contributed by atoms with Gasteiger partial charge in [0, 0.05) is 0 Å². The van der Waals surface area contributed by atoms with Crippen LogP contribution in [-0.4, -0.2) is 37.7 Å². The molecule has 2 aromatic carbocycles. The Labute approximate surface area is 201 Å². The monoisotopic (exact) mass is 491 g/mol. The van der Waals surface area contributed by atoms with Crippen molar-refractivity contribution in [3.63, 3.8) is 0 Å². The highest BCUT2D eigenvalue weighted by Crippen LogP contribution is 2.38. The molecule has 9 heteroatoms. The number of ether oxygens (including phenoxy) is 4. The largest absolute Gasteiger partial charge is 0.493 e. The van der Waals surface area contributed by atoms with Gasteiger partial charge in [-0.05, 0) is 47.9 Å². The van der Waals surface area contributed by atoms with Gasteiger partial charge in [0.05, 0.1) is 24.1 Å². The van der Waals surface area contributed by atoms with Crippen LogP contribution in [0.2, 0.25) is 5.02 Å². The van der Waals surface area contributed by atoms with Crippen LogP contribution in [0.3, 0.4) is 0 Å². The van der Waals surface area contributed by atoms with E-state index in [1.54, 1.807) is 25.3 Å². The molecule has 168 valence electrons. The van der Waals surface area contributed by atoms with Gasteiger partial charge in [-0.25, -0.2) is 0 Å². The number of halogens is 1. The third-order valence-corrected chi connectivity index (χ3v) is 5.83. The molecule has 1 aliphatic heterocycles. The minimum absolute atomic E-state index is 0.236. The summed E-state index contributed by atoms with van der Waals surface area (Å²) >= 11 is 12.6. The molecule has 1 heterocycles. The number of allylic oxidation sites excluding steroid dienone is 1. The zero-order valence-electron chi connectivity index (χ0n) is 17.6. The topological polar surface area (TPSA) is 66.0 Å². The van der Waals surface area contributed by atoms with Crippen LogP contribution in [-0.2, 0) is 11.2 Å². The van der Waals surface area contributed by atoms with Gasteiger partial charge in [0.25, 0.3) is 5.91 Å². The molecule has 2 aromatic rings. The summed E-state index contributed by atoms with van der Waals surface area (Å²) in [5.74, 6) is 1.87. The predicted octanol–water partition coefficient (Wildman–Crippen LogP) is 5.03. The zero-order valence-corrected chi connectivity index (χ0v) is 20.0. The van der Waals surface area contributed by atoms with Crippen LogP contribution in [0.1, 0.15) is 11.1 Å². The second kappa shape index (κ2) is 11.3. The second-order valence-corrected chi connectivity index (χ2v) is 8.69. The Bertz CT molecular complexity index is 1070. The first-order valence-corrected chi connectivity index (χ1v) is 11.2. The molecule has 1 amide bonds. The van der Waals surface area contributed by atoms with Gasteiger partial charge in [0.1, 0.15) is 17.5 Å². The fourth-order valence-electron chi connectivity index (χ4n) is 2.96. The van der Waals surface area contributed by atoms with Crippen molar-refractivity contribution in [2.45, 2.75) is 6.42 Å². The van der Waals surface area contributed by atoms with E-state index in [0.29, 0.717) is 42.8 Å². The first-order chi connectivity index (χ1) is 15.4. The van der Waals surface area contributed by atoms with Crippen molar-refractivity contribution in [1.29, 1.82) is 0 Å². The third-order valence-electron chi connectivity index (χ3n) is 4.39. The lowest BCUT2D eigenvalue weighted by Gasteiger charge is -2.15. The summed E-state index contributed by atoms with van der Waals surface area (Å²) in [4.78, 5) is 12.4. The molecule has 0 bridgehead atoms. The molecule has 0 atom stereocenters. The van der Waals surface area contributed by atoms with Gasteiger partial charge in [0.2, 0.25) is 0 Å². The summed E-state index contributed by atoms with van der Waals surface area (Å²) in [7, 11) is 3.12. The number of thioether (sulfide) groups is 1. The minimum atomic E-state index is -0.236. The van der Waals surface area contributed by atoms with E-state index < -0.39 is 0 Å². The summed E-state index contributed by atoms with van der Waals surface area (Å²) in [6.45, 7) is 4.26. The van der Waals surface area contributed by atoms with Gasteiger partial charge < -0.3 is 24.3 Å². The number of benzene rings is 2. The molecule has 6 nitrogen and oxygen atoms in total. The molecule has 0 radical (unpaired) electrons. The highest BCUT2D eigenvalue weighted by Gasteiger charge is 2.22. The van der Waals surface area contributed by atoms with Crippen LogP contribution in [0.4, 0.5) is 0 Å². The van der Waals surface area contributed by atoms with Crippen LogP contribution >= 0.6 is 35.6 Å².